The Balaban J connectivity index is 2.11. The molecular weight excluding hydrogens is 258 g/mol. The summed E-state index contributed by atoms with van der Waals surface area (Å²) < 4.78 is 7.17. The number of carboxylic acids is 1. The average molecular weight is 271 g/mol. The summed E-state index contributed by atoms with van der Waals surface area (Å²) in [5.74, 6) is -0.452. The Bertz CT molecular complexity index is 702. The minimum absolute atomic E-state index is 0.0977. The maximum absolute atomic E-state index is 11.5. The van der Waals surface area contributed by atoms with E-state index in [1.165, 1.54) is 13.0 Å². The number of ketones is 1. The number of aromatic carboxylic acids is 1. The van der Waals surface area contributed by atoms with Crippen molar-refractivity contribution in [2.24, 2.45) is 0 Å². The Morgan fingerprint density at radius 2 is 2.10 bits per heavy atom. The van der Waals surface area contributed by atoms with Gasteiger partial charge in [0.05, 0.1) is 6.04 Å². The molecule has 3 rings (SSSR count). The van der Waals surface area contributed by atoms with Crippen LogP contribution in [0.3, 0.4) is 0 Å². The van der Waals surface area contributed by atoms with E-state index in [2.05, 4.69) is 0 Å². The van der Waals surface area contributed by atoms with Gasteiger partial charge < -0.3 is 14.4 Å². The number of aromatic nitrogens is 1. The topological polar surface area (TPSA) is 68.5 Å². The average Bonchev–Trinajstić information content (AvgIpc) is 3.02. The molecule has 5 nitrogen and oxygen atoms in total. The van der Waals surface area contributed by atoms with Gasteiger partial charge in [-0.3, -0.25) is 4.79 Å². The largest absolute Gasteiger partial charge is 0.491 e. The number of rotatable bonds is 3. The maximum Gasteiger partial charge on any atom is 0.352 e. The summed E-state index contributed by atoms with van der Waals surface area (Å²) >= 11 is 0. The second kappa shape index (κ2) is 4.52. The van der Waals surface area contributed by atoms with E-state index < -0.39 is 5.97 Å². The van der Waals surface area contributed by atoms with E-state index in [1.54, 1.807) is 10.8 Å². The van der Waals surface area contributed by atoms with Crippen LogP contribution in [0.1, 0.15) is 39.4 Å². The van der Waals surface area contributed by atoms with E-state index in [0.29, 0.717) is 12.2 Å². The minimum atomic E-state index is -1.05. The molecule has 1 unspecified atom stereocenters. The molecule has 0 amide bonds. The highest BCUT2D eigenvalue weighted by atomic mass is 16.5. The predicted molar refractivity (Wildman–Crippen MR) is 71.5 cm³/mol. The number of Topliss-reactive ketones (excluding diaryl/α,β-unsaturated/α-hetero) is 1. The third kappa shape index (κ3) is 1.87. The van der Waals surface area contributed by atoms with E-state index in [-0.39, 0.29) is 17.5 Å². The number of para-hydroxylation sites is 1. The molecule has 2 heterocycles. The van der Waals surface area contributed by atoms with Crippen LogP contribution in [0.5, 0.6) is 5.75 Å². The third-order valence-corrected chi connectivity index (χ3v) is 3.48. The molecule has 1 aliphatic heterocycles. The highest BCUT2D eigenvalue weighted by Gasteiger charge is 2.29. The molecule has 1 aliphatic rings. The molecular formula is C15H13NO4. The highest BCUT2D eigenvalue weighted by Crippen LogP contribution is 2.35. The summed E-state index contributed by atoms with van der Waals surface area (Å²) in [5.41, 5.74) is 1.42. The van der Waals surface area contributed by atoms with Crippen molar-refractivity contribution in [1.29, 1.82) is 0 Å². The number of hydrogen-bond donors (Lipinski definition) is 1. The van der Waals surface area contributed by atoms with Crippen LogP contribution in [0.2, 0.25) is 0 Å². The van der Waals surface area contributed by atoms with Crippen molar-refractivity contribution in [1.82, 2.24) is 4.57 Å². The van der Waals surface area contributed by atoms with Crippen LogP contribution in [0.15, 0.2) is 36.5 Å². The van der Waals surface area contributed by atoms with Crippen LogP contribution in [0.4, 0.5) is 0 Å². The van der Waals surface area contributed by atoms with Crippen LogP contribution in [0, 0.1) is 0 Å². The molecule has 5 heteroatoms. The molecule has 0 fully saturated rings. The second-order valence-electron chi connectivity index (χ2n) is 4.75. The quantitative estimate of drug-likeness (QED) is 0.870. The predicted octanol–water partition coefficient (Wildman–Crippen LogP) is 2.37. The van der Waals surface area contributed by atoms with Gasteiger partial charge in [0.1, 0.15) is 18.1 Å². The fraction of sp³-hybridized carbons (Fsp3) is 0.200. The zero-order valence-corrected chi connectivity index (χ0v) is 10.9. The van der Waals surface area contributed by atoms with Gasteiger partial charge in [-0.1, -0.05) is 18.2 Å². The van der Waals surface area contributed by atoms with E-state index in [4.69, 9.17) is 4.74 Å². The van der Waals surface area contributed by atoms with Gasteiger partial charge in [-0.05, 0) is 19.1 Å². The lowest BCUT2D eigenvalue weighted by atomic mass is 10.1. The fourth-order valence-corrected chi connectivity index (χ4v) is 2.48. The summed E-state index contributed by atoms with van der Waals surface area (Å²) in [6.45, 7) is 1.79. The number of ether oxygens (including phenoxy) is 1. The van der Waals surface area contributed by atoms with E-state index in [0.717, 1.165) is 11.3 Å². The van der Waals surface area contributed by atoms with Crippen molar-refractivity contribution < 1.29 is 19.4 Å². The zero-order valence-electron chi connectivity index (χ0n) is 10.9. The lowest BCUT2D eigenvalue weighted by Gasteiger charge is -2.13. The number of carboxylic acid groups (broad SMARTS) is 1. The van der Waals surface area contributed by atoms with Crippen molar-refractivity contribution in [2.75, 3.05) is 6.61 Å². The summed E-state index contributed by atoms with van der Waals surface area (Å²) in [4.78, 5) is 22.8. The van der Waals surface area contributed by atoms with Crippen LogP contribution in [0.25, 0.3) is 0 Å². The van der Waals surface area contributed by atoms with Crippen LogP contribution >= 0.6 is 0 Å². The molecule has 1 aromatic carbocycles. The van der Waals surface area contributed by atoms with E-state index in [1.807, 2.05) is 24.3 Å². The first-order chi connectivity index (χ1) is 9.58. The van der Waals surface area contributed by atoms with Crippen molar-refractivity contribution in [3.63, 3.8) is 0 Å². The van der Waals surface area contributed by atoms with Gasteiger partial charge in [0.25, 0.3) is 0 Å². The van der Waals surface area contributed by atoms with Crippen LogP contribution in [-0.2, 0) is 0 Å². The first-order valence-corrected chi connectivity index (χ1v) is 6.25. The Morgan fingerprint density at radius 1 is 1.35 bits per heavy atom. The summed E-state index contributed by atoms with van der Waals surface area (Å²) in [6.07, 6.45) is 1.59. The molecule has 1 aromatic heterocycles. The van der Waals surface area contributed by atoms with Gasteiger partial charge in [-0.2, -0.15) is 0 Å². The molecule has 1 N–H and O–H groups in total. The van der Waals surface area contributed by atoms with Crippen LogP contribution in [-0.4, -0.2) is 28.0 Å². The van der Waals surface area contributed by atoms with Crippen molar-refractivity contribution >= 4 is 11.8 Å². The second-order valence-corrected chi connectivity index (χ2v) is 4.75. The first kappa shape index (κ1) is 12.5. The lowest BCUT2D eigenvalue weighted by Crippen LogP contribution is -2.16. The van der Waals surface area contributed by atoms with Gasteiger partial charge in [-0.15, -0.1) is 0 Å². The number of fused-ring (bicyclic) bond motifs is 1. The van der Waals surface area contributed by atoms with Crippen molar-refractivity contribution in [3.05, 3.63) is 53.3 Å². The lowest BCUT2D eigenvalue weighted by molar-refractivity contribution is 0.0683. The SMILES string of the molecule is CC(=O)c1cc(C(=O)O)n(C2COc3ccccc32)c1. The molecule has 0 spiro atoms. The van der Waals surface area contributed by atoms with Gasteiger partial charge >= 0.3 is 5.97 Å². The molecule has 0 saturated heterocycles. The molecule has 0 radical (unpaired) electrons. The minimum Gasteiger partial charge on any atom is -0.491 e. The Hall–Kier alpha value is -2.56. The molecule has 0 aliphatic carbocycles. The molecule has 102 valence electrons. The molecule has 1 atom stereocenters. The van der Waals surface area contributed by atoms with Crippen LogP contribution < -0.4 is 4.74 Å². The van der Waals surface area contributed by atoms with Gasteiger partial charge in [0, 0.05) is 17.3 Å². The summed E-state index contributed by atoms with van der Waals surface area (Å²) in [5, 5.41) is 9.30. The van der Waals surface area contributed by atoms with Gasteiger partial charge in [0.15, 0.2) is 5.78 Å². The Kier molecular flexibility index (Phi) is 2.82. The maximum atomic E-state index is 11.5. The molecule has 0 saturated carbocycles. The number of nitrogens with zero attached hydrogens (tertiary/aromatic N) is 1. The molecule has 20 heavy (non-hydrogen) atoms. The van der Waals surface area contributed by atoms with E-state index in [9.17, 15) is 14.7 Å². The van der Waals surface area contributed by atoms with Gasteiger partial charge in [0.2, 0.25) is 0 Å². The number of carbonyl (C=O) groups is 2. The molecule has 2 aromatic rings. The number of benzene rings is 1. The first-order valence-electron chi connectivity index (χ1n) is 6.25. The smallest absolute Gasteiger partial charge is 0.352 e. The summed E-state index contributed by atoms with van der Waals surface area (Å²) in [6, 6.07) is 8.71. The van der Waals surface area contributed by atoms with Crippen molar-refractivity contribution in [3.8, 4) is 5.75 Å². The third-order valence-electron chi connectivity index (χ3n) is 3.48. The number of hydrogen-bond acceptors (Lipinski definition) is 3. The Morgan fingerprint density at radius 3 is 2.80 bits per heavy atom. The zero-order chi connectivity index (χ0) is 14.3. The number of carbonyl (C=O) groups excluding carboxylic acids is 1. The van der Waals surface area contributed by atoms with Gasteiger partial charge in [-0.25, -0.2) is 4.79 Å². The highest BCUT2D eigenvalue weighted by molar-refractivity contribution is 5.97. The van der Waals surface area contributed by atoms with Crippen molar-refractivity contribution in [2.45, 2.75) is 13.0 Å². The molecule has 0 bridgehead atoms. The Labute approximate surface area is 115 Å². The standard InChI is InChI=1S/C15H13NO4/c1-9(17)10-6-12(15(18)19)16(7-10)13-8-20-14-5-3-2-4-11(13)14/h2-7,13H,8H2,1H3,(H,18,19). The van der Waals surface area contributed by atoms with E-state index >= 15 is 0 Å². The summed E-state index contributed by atoms with van der Waals surface area (Å²) in [7, 11) is 0. The fourth-order valence-electron chi connectivity index (χ4n) is 2.48. The normalized spacial score (nSPS) is 16.6. The monoisotopic (exact) mass is 271 g/mol.